The number of hydrogen-bond acceptors (Lipinski definition) is 13. The first-order valence-electron chi connectivity index (χ1n) is 24.2. The van der Waals surface area contributed by atoms with Crippen LogP contribution in [0.2, 0.25) is 0 Å². The minimum absolute atomic E-state index is 0.260. The van der Waals surface area contributed by atoms with Crippen LogP contribution in [0.3, 0.4) is 0 Å². The predicted molar refractivity (Wildman–Crippen MR) is 240 cm³/mol. The van der Waals surface area contributed by atoms with Crippen molar-refractivity contribution in [1.82, 2.24) is 5.32 Å². The molecule has 2 aliphatic rings. The van der Waals surface area contributed by atoms with Gasteiger partial charge in [0, 0.05) is 6.42 Å². The summed E-state index contributed by atoms with van der Waals surface area (Å²) in [4.78, 5) is 13.0. The Morgan fingerprint density at radius 2 is 1.03 bits per heavy atom. The molecule has 2 aliphatic heterocycles. The van der Waals surface area contributed by atoms with Crippen molar-refractivity contribution in [3.63, 3.8) is 0 Å². The Kier molecular flexibility index (Phi) is 32.2. The number of aliphatic hydroxyl groups is 8. The molecule has 14 heteroatoms. The molecule has 12 unspecified atom stereocenters. The second kappa shape index (κ2) is 35.5. The van der Waals surface area contributed by atoms with Gasteiger partial charge in [0.15, 0.2) is 12.6 Å². The molecule has 62 heavy (non-hydrogen) atoms. The zero-order valence-corrected chi connectivity index (χ0v) is 38.1. The fourth-order valence-electron chi connectivity index (χ4n) is 7.79. The molecular formula is C48H87NO13. The molecule has 0 aromatic carbocycles. The molecule has 9 N–H and O–H groups in total. The van der Waals surface area contributed by atoms with Crippen molar-refractivity contribution in [1.29, 1.82) is 0 Å². The van der Waals surface area contributed by atoms with Crippen LogP contribution in [-0.4, -0.2) is 140 Å². The first kappa shape index (κ1) is 56.3. The summed E-state index contributed by atoms with van der Waals surface area (Å²) in [5, 5.41) is 86.4. The van der Waals surface area contributed by atoms with Gasteiger partial charge >= 0.3 is 0 Å². The number of ether oxygens (including phenoxy) is 4. The van der Waals surface area contributed by atoms with Crippen LogP contribution in [0.4, 0.5) is 0 Å². The van der Waals surface area contributed by atoms with E-state index in [2.05, 4.69) is 43.5 Å². The molecule has 0 radical (unpaired) electrons. The zero-order valence-electron chi connectivity index (χ0n) is 38.1. The van der Waals surface area contributed by atoms with Crippen LogP contribution in [0.5, 0.6) is 0 Å². The summed E-state index contributed by atoms with van der Waals surface area (Å²) < 4.78 is 22.6. The summed E-state index contributed by atoms with van der Waals surface area (Å²) in [7, 11) is 0. The molecular weight excluding hydrogens is 799 g/mol. The number of carbonyl (C=O) groups excluding carboxylic acids is 1. The smallest absolute Gasteiger partial charge is 0.220 e. The maximum absolute atomic E-state index is 13.0. The van der Waals surface area contributed by atoms with Gasteiger partial charge < -0.3 is 65.1 Å². The van der Waals surface area contributed by atoms with Gasteiger partial charge in [0.25, 0.3) is 0 Å². The van der Waals surface area contributed by atoms with Crippen molar-refractivity contribution >= 4 is 5.91 Å². The summed E-state index contributed by atoms with van der Waals surface area (Å²) >= 11 is 0. The lowest BCUT2D eigenvalue weighted by Crippen LogP contribution is -2.65. The molecule has 0 aliphatic carbocycles. The van der Waals surface area contributed by atoms with Gasteiger partial charge in [-0.05, 0) is 44.9 Å². The van der Waals surface area contributed by atoms with Crippen molar-refractivity contribution in [2.24, 2.45) is 0 Å². The Bertz CT molecular complexity index is 1190. The van der Waals surface area contributed by atoms with E-state index < -0.39 is 86.8 Å². The van der Waals surface area contributed by atoms with Gasteiger partial charge in [-0.1, -0.05) is 153 Å². The lowest BCUT2D eigenvalue weighted by Gasteiger charge is -2.46. The van der Waals surface area contributed by atoms with Gasteiger partial charge in [-0.25, -0.2) is 0 Å². The van der Waals surface area contributed by atoms with Crippen molar-refractivity contribution in [3.05, 3.63) is 36.5 Å². The SMILES string of the molecule is CCCCCCCCCCCC/C=C/CC/C=C/CC/C=C/C(O)C(COC1OC(CO)C(OC2OC(CO)C(O)C(O)C2O)C(O)C1O)NC(=O)CCCCCCCCCC. The van der Waals surface area contributed by atoms with Crippen LogP contribution in [0, 0.1) is 0 Å². The van der Waals surface area contributed by atoms with Crippen molar-refractivity contribution in [3.8, 4) is 0 Å². The fourth-order valence-corrected chi connectivity index (χ4v) is 7.79. The third-order valence-electron chi connectivity index (χ3n) is 11.8. The van der Waals surface area contributed by atoms with Crippen LogP contribution in [0.15, 0.2) is 36.5 Å². The molecule has 0 bridgehead atoms. The van der Waals surface area contributed by atoms with E-state index in [1.165, 1.54) is 89.9 Å². The Hall–Kier alpha value is -1.79. The summed E-state index contributed by atoms with van der Waals surface area (Å²) in [6.45, 7) is 2.70. The van der Waals surface area contributed by atoms with E-state index in [0.717, 1.165) is 44.9 Å². The van der Waals surface area contributed by atoms with E-state index in [0.29, 0.717) is 12.8 Å². The standard InChI is InChI=1S/C48H87NO13/c1-3-5-7-9-11-13-14-15-16-17-18-19-20-21-22-23-24-25-27-29-31-37(52)36(49-40(53)32-30-28-26-12-10-8-6-4-2)35-59-47-45(58)43(56)46(39(34-51)61-47)62-48-44(57)42(55)41(54)38(33-50)60-48/h19-20,23-24,29,31,36-39,41-48,50-52,54-58H,3-18,21-22,25-28,30,32-35H2,1-2H3,(H,49,53)/b20-19+,24-23+,31-29+. The molecule has 12 atom stereocenters. The highest BCUT2D eigenvalue weighted by Gasteiger charge is 2.51. The van der Waals surface area contributed by atoms with Crippen LogP contribution in [0.1, 0.15) is 168 Å². The number of unbranched alkanes of at least 4 members (excludes halogenated alkanes) is 19. The average molecular weight is 886 g/mol. The van der Waals surface area contributed by atoms with Crippen molar-refractivity contribution in [2.75, 3.05) is 19.8 Å². The van der Waals surface area contributed by atoms with Crippen LogP contribution < -0.4 is 5.32 Å². The minimum atomic E-state index is -1.79. The predicted octanol–water partition coefficient (Wildman–Crippen LogP) is 5.54. The lowest BCUT2D eigenvalue weighted by molar-refractivity contribution is -0.359. The summed E-state index contributed by atoms with van der Waals surface area (Å²) in [6, 6.07) is -0.931. The first-order chi connectivity index (χ1) is 30.1. The molecule has 0 spiro atoms. The van der Waals surface area contributed by atoms with E-state index in [1.807, 2.05) is 6.08 Å². The zero-order chi connectivity index (χ0) is 45.4. The highest BCUT2D eigenvalue weighted by atomic mass is 16.7. The molecule has 362 valence electrons. The highest BCUT2D eigenvalue weighted by Crippen LogP contribution is 2.30. The Morgan fingerprint density at radius 1 is 0.565 bits per heavy atom. The first-order valence-corrected chi connectivity index (χ1v) is 24.2. The van der Waals surface area contributed by atoms with Gasteiger partial charge in [0.2, 0.25) is 5.91 Å². The number of rotatable bonds is 36. The number of hydrogen-bond donors (Lipinski definition) is 9. The van der Waals surface area contributed by atoms with Gasteiger partial charge in [0.1, 0.15) is 48.8 Å². The van der Waals surface area contributed by atoms with Gasteiger partial charge in [-0.3, -0.25) is 4.79 Å². The molecule has 2 fully saturated rings. The molecule has 2 heterocycles. The maximum Gasteiger partial charge on any atom is 0.220 e. The molecule has 1 amide bonds. The Balaban J connectivity index is 1.86. The molecule has 0 saturated carbocycles. The molecule has 0 aromatic rings. The summed E-state index contributed by atoms with van der Waals surface area (Å²) in [6.07, 6.45) is 22.1. The quantitative estimate of drug-likeness (QED) is 0.0279. The Labute approximate surface area is 372 Å². The van der Waals surface area contributed by atoms with Gasteiger partial charge in [-0.2, -0.15) is 0 Å². The number of allylic oxidation sites excluding steroid dienone is 5. The number of carbonyl (C=O) groups is 1. The average Bonchev–Trinajstić information content (AvgIpc) is 3.27. The summed E-state index contributed by atoms with van der Waals surface area (Å²) in [5.74, 6) is -0.260. The van der Waals surface area contributed by atoms with E-state index >= 15 is 0 Å². The second-order valence-electron chi connectivity index (χ2n) is 17.2. The molecule has 14 nitrogen and oxygen atoms in total. The topological polar surface area (TPSA) is 228 Å². The Morgan fingerprint density at radius 3 is 1.58 bits per heavy atom. The molecule has 0 aromatic heterocycles. The number of amides is 1. The van der Waals surface area contributed by atoms with E-state index in [9.17, 15) is 45.6 Å². The van der Waals surface area contributed by atoms with Crippen LogP contribution in [0.25, 0.3) is 0 Å². The second-order valence-corrected chi connectivity index (χ2v) is 17.2. The van der Waals surface area contributed by atoms with Gasteiger partial charge in [-0.15, -0.1) is 0 Å². The third-order valence-corrected chi connectivity index (χ3v) is 11.8. The normalized spacial score (nSPS) is 28.0. The van der Waals surface area contributed by atoms with E-state index in [-0.39, 0.29) is 18.9 Å². The molecule has 2 saturated heterocycles. The van der Waals surface area contributed by atoms with Crippen LogP contribution >= 0.6 is 0 Å². The van der Waals surface area contributed by atoms with Crippen molar-refractivity contribution in [2.45, 2.75) is 242 Å². The number of nitrogens with one attached hydrogen (secondary N) is 1. The highest BCUT2D eigenvalue weighted by molar-refractivity contribution is 5.76. The largest absolute Gasteiger partial charge is 0.394 e. The third kappa shape index (κ3) is 22.9. The maximum atomic E-state index is 13.0. The van der Waals surface area contributed by atoms with Crippen molar-refractivity contribution < 1.29 is 64.6 Å². The monoisotopic (exact) mass is 886 g/mol. The molecule has 2 rings (SSSR count). The van der Waals surface area contributed by atoms with Crippen LogP contribution in [-0.2, 0) is 23.7 Å². The number of aliphatic hydroxyl groups excluding tert-OH is 8. The van der Waals surface area contributed by atoms with E-state index in [1.54, 1.807) is 6.08 Å². The fraction of sp³-hybridized carbons (Fsp3) is 0.854. The minimum Gasteiger partial charge on any atom is -0.394 e. The van der Waals surface area contributed by atoms with Gasteiger partial charge in [0.05, 0.1) is 32.0 Å². The van der Waals surface area contributed by atoms with E-state index in [4.69, 9.17) is 18.9 Å². The lowest BCUT2D eigenvalue weighted by atomic mass is 9.97. The summed E-state index contributed by atoms with van der Waals surface area (Å²) in [5.41, 5.74) is 0.